The van der Waals surface area contributed by atoms with E-state index in [-0.39, 0.29) is 22.6 Å². The van der Waals surface area contributed by atoms with Gasteiger partial charge in [-0.1, -0.05) is 12.1 Å². The Morgan fingerprint density at radius 2 is 1.87 bits per heavy atom. The van der Waals surface area contributed by atoms with Gasteiger partial charge in [0.25, 0.3) is 11.7 Å². The van der Waals surface area contributed by atoms with Gasteiger partial charge in [0.15, 0.2) is 11.6 Å². The van der Waals surface area contributed by atoms with Crippen molar-refractivity contribution in [2.75, 3.05) is 12.0 Å². The summed E-state index contributed by atoms with van der Waals surface area (Å²) >= 11 is 0. The fraction of sp³-hybridized carbons (Fsp3) is 0.0909. The van der Waals surface area contributed by atoms with E-state index >= 15 is 0 Å². The summed E-state index contributed by atoms with van der Waals surface area (Å²) in [5.74, 6) is -4.11. The Labute approximate surface area is 169 Å². The lowest BCUT2D eigenvalue weighted by molar-refractivity contribution is -0.132. The molecular formula is C22H15F2NO5. The molecule has 1 saturated heterocycles. The van der Waals surface area contributed by atoms with Crippen LogP contribution in [0.1, 0.15) is 17.4 Å². The van der Waals surface area contributed by atoms with Gasteiger partial charge in [0.2, 0.25) is 0 Å². The van der Waals surface area contributed by atoms with E-state index in [2.05, 4.69) is 0 Å². The molecular weight excluding hydrogens is 396 g/mol. The maximum absolute atomic E-state index is 13.8. The Morgan fingerprint density at radius 3 is 2.53 bits per heavy atom. The number of ketones is 1. The quantitative estimate of drug-likeness (QED) is 0.396. The fourth-order valence-electron chi connectivity index (χ4n) is 3.38. The molecule has 1 fully saturated rings. The summed E-state index contributed by atoms with van der Waals surface area (Å²) in [6, 6.07) is 11.0. The number of ether oxygens (including phenoxy) is 1. The van der Waals surface area contributed by atoms with Crippen LogP contribution in [0, 0.1) is 11.6 Å². The molecule has 1 aliphatic rings. The molecule has 6 nitrogen and oxygen atoms in total. The number of anilines is 1. The zero-order chi connectivity index (χ0) is 21.4. The number of methoxy groups -OCH3 is 1. The number of halogens is 2. The smallest absolute Gasteiger partial charge is 0.300 e. The van der Waals surface area contributed by atoms with Crippen LogP contribution in [0.2, 0.25) is 0 Å². The molecule has 8 heteroatoms. The van der Waals surface area contributed by atoms with Crippen molar-refractivity contribution < 1.29 is 32.6 Å². The van der Waals surface area contributed by atoms with Crippen LogP contribution in [0.15, 0.2) is 70.9 Å². The van der Waals surface area contributed by atoms with E-state index < -0.39 is 35.1 Å². The molecule has 1 aliphatic heterocycles. The Kier molecular flexibility index (Phi) is 4.83. The van der Waals surface area contributed by atoms with Crippen molar-refractivity contribution >= 4 is 23.1 Å². The van der Waals surface area contributed by atoms with Gasteiger partial charge in [0.1, 0.15) is 23.3 Å². The molecule has 0 spiro atoms. The van der Waals surface area contributed by atoms with Gasteiger partial charge in [-0.3, -0.25) is 14.5 Å². The zero-order valence-electron chi connectivity index (χ0n) is 15.6. The number of rotatable bonds is 4. The molecule has 4 rings (SSSR count). The number of aliphatic hydroxyl groups excluding tert-OH is 1. The average molecular weight is 411 g/mol. The molecule has 1 amide bonds. The fourth-order valence-corrected chi connectivity index (χ4v) is 3.38. The largest absolute Gasteiger partial charge is 0.507 e. The maximum Gasteiger partial charge on any atom is 0.300 e. The second-order valence-electron chi connectivity index (χ2n) is 6.51. The van der Waals surface area contributed by atoms with Crippen molar-refractivity contribution in [1.29, 1.82) is 0 Å². The van der Waals surface area contributed by atoms with Gasteiger partial charge in [-0.25, -0.2) is 8.78 Å². The van der Waals surface area contributed by atoms with Gasteiger partial charge in [-0.05, 0) is 36.4 Å². The Morgan fingerprint density at radius 1 is 1.07 bits per heavy atom. The van der Waals surface area contributed by atoms with Gasteiger partial charge in [0, 0.05) is 17.3 Å². The second-order valence-corrected chi connectivity index (χ2v) is 6.51. The highest BCUT2D eigenvalue weighted by Gasteiger charge is 2.48. The van der Waals surface area contributed by atoms with E-state index in [0.29, 0.717) is 5.75 Å². The van der Waals surface area contributed by atoms with Crippen LogP contribution in [0.3, 0.4) is 0 Å². The molecule has 1 N–H and O–H groups in total. The molecule has 3 aromatic rings. The number of nitrogens with zero attached hydrogens (tertiary/aromatic N) is 1. The second kappa shape index (κ2) is 7.47. The topological polar surface area (TPSA) is 80.0 Å². The summed E-state index contributed by atoms with van der Waals surface area (Å²) in [5.41, 5.74) is -0.0516. The van der Waals surface area contributed by atoms with E-state index in [0.717, 1.165) is 17.0 Å². The number of furan rings is 1. The molecule has 0 radical (unpaired) electrons. The molecule has 152 valence electrons. The summed E-state index contributed by atoms with van der Waals surface area (Å²) in [6.45, 7) is 0. The van der Waals surface area contributed by atoms with Gasteiger partial charge in [-0.2, -0.15) is 0 Å². The first-order chi connectivity index (χ1) is 14.4. The Bertz CT molecular complexity index is 1170. The third-order valence-corrected chi connectivity index (χ3v) is 4.78. The van der Waals surface area contributed by atoms with Crippen LogP contribution >= 0.6 is 0 Å². The predicted octanol–water partition coefficient (Wildman–Crippen LogP) is 4.19. The highest BCUT2D eigenvalue weighted by atomic mass is 19.2. The van der Waals surface area contributed by atoms with E-state index in [1.165, 1.54) is 31.6 Å². The molecule has 2 heterocycles. The van der Waals surface area contributed by atoms with Gasteiger partial charge in [-0.15, -0.1) is 0 Å². The summed E-state index contributed by atoms with van der Waals surface area (Å²) in [5, 5.41) is 10.9. The van der Waals surface area contributed by atoms with Crippen LogP contribution in [-0.4, -0.2) is 23.9 Å². The summed E-state index contributed by atoms with van der Waals surface area (Å²) in [4.78, 5) is 26.7. The van der Waals surface area contributed by atoms with Gasteiger partial charge < -0.3 is 14.3 Å². The van der Waals surface area contributed by atoms with E-state index in [9.17, 15) is 23.5 Å². The Hall–Kier alpha value is -3.94. The Balaban J connectivity index is 1.92. The number of carbonyl (C=O) groups is 2. The van der Waals surface area contributed by atoms with Crippen molar-refractivity contribution in [1.82, 2.24) is 0 Å². The molecule has 2 aromatic carbocycles. The van der Waals surface area contributed by atoms with Crippen LogP contribution in [0.25, 0.3) is 5.76 Å². The molecule has 1 aromatic heterocycles. The highest BCUT2D eigenvalue weighted by molar-refractivity contribution is 6.51. The lowest BCUT2D eigenvalue weighted by atomic mass is 9.99. The molecule has 1 atom stereocenters. The van der Waals surface area contributed by atoms with Crippen molar-refractivity contribution in [3.8, 4) is 5.75 Å². The normalized spacial score (nSPS) is 18.1. The third-order valence-electron chi connectivity index (χ3n) is 4.78. The van der Waals surface area contributed by atoms with E-state index in [1.807, 2.05) is 0 Å². The number of carbonyl (C=O) groups excluding carboxylic acids is 2. The van der Waals surface area contributed by atoms with Crippen LogP contribution < -0.4 is 9.64 Å². The van der Waals surface area contributed by atoms with Gasteiger partial charge >= 0.3 is 0 Å². The summed E-state index contributed by atoms with van der Waals surface area (Å²) in [6.07, 6.45) is 1.34. The maximum atomic E-state index is 13.8. The third kappa shape index (κ3) is 3.12. The van der Waals surface area contributed by atoms with Crippen molar-refractivity contribution in [3.63, 3.8) is 0 Å². The number of aliphatic hydroxyl groups is 1. The number of hydrogen-bond acceptors (Lipinski definition) is 5. The minimum atomic E-state index is -1.18. The highest BCUT2D eigenvalue weighted by Crippen LogP contribution is 2.42. The van der Waals surface area contributed by atoms with Crippen LogP contribution in [0.5, 0.6) is 5.75 Å². The van der Waals surface area contributed by atoms with Crippen molar-refractivity contribution in [2.45, 2.75) is 6.04 Å². The van der Waals surface area contributed by atoms with Crippen LogP contribution in [-0.2, 0) is 9.59 Å². The number of benzene rings is 2. The molecule has 0 aliphatic carbocycles. The van der Waals surface area contributed by atoms with Gasteiger partial charge in [0.05, 0.1) is 18.9 Å². The monoisotopic (exact) mass is 411 g/mol. The summed E-state index contributed by atoms with van der Waals surface area (Å²) in [7, 11) is 1.45. The number of Topliss-reactive ketones (excluding diaryl/α,β-unsaturated/α-hetero) is 1. The molecule has 0 bridgehead atoms. The number of hydrogen-bond donors (Lipinski definition) is 1. The first kappa shape index (κ1) is 19.4. The minimum Gasteiger partial charge on any atom is -0.507 e. The van der Waals surface area contributed by atoms with E-state index in [4.69, 9.17) is 9.15 Å². The first-order valence-electron chi connectivity index (χ1n) is 8.86. The van der Waals surface area contributed by atoms with Crippen molar-refractivity contribution in [2.24, 2.45) is 0 Å². The molecule has 30 heavy (non-hydrogen) atoms. The zero-order valence-corrected chi connectivity index (χ0v) is 15.6. The molecule has 0 saturated carbocycles. The van der Waals surface area contributed by atoms with E-state index in [1.54, 1.807) is 24.3 Å². The summed E-state index contributed by atoms with van der Waals surface area (Å²) < 4.78 is 37.8. The van der Waals surface area contributed by atoms with Crippen LogP contribution in [0.4, 0.5) is 14.5 Å². The lowest BCUT2D eigenvalue weighted by Gasteiger charge is -2.23. The predicted molar refractivity (Wildman–Crippen MR) is 103 cm³/mol. The number of amides is 1. The molecule has 1 unspecified atom stereocenters. The minimum absolute atomic E-state index is 0.0536. The standard InChI is InChI=1S/C22H15F2NO5/c1-29-14-5-2-4-12(10-14)20(26)18-19(17-6-3-9-30-17)25(22(28)21(18)27)13-7-8-15(23)16(24)11-13/h2-11,19,26H,1H3/b20-18-. The average Bonchev–Trinajstić information content (AvgIpc) is 3.37. The first-order valence-corrected chi connectivity index (χ1v) is 8.86. The lowest BCUT2D eigenvalue weighted by Crippen LogP contribution is -2.29. The SMILES string of the molecule is COc1cccc(/C(O)=C2/C(=O)C(=O)N(c3ccc(F)c(F)c3)C2c2ccco2)c1. The van der Waals surface area contributed by atoms with Crippen molar-refractivity contribution in [3.05, 3.63) is 89.4 Å².